The van der Waals surface area contributed by atoms with E-state index in [1.165, 1.54) is 18.4 Å². The van der Waals surface area contributed by atoms with E-state index in [2.05, 4.69) is 45.9 Å². The lowest BCUT2D eigenvalue weighted by Crippen LogP contribution is -2.46. The molecule has 150 valence electrons. The lowest BCUT2D eigenvalue weighted by atomic mass is 10.0. The molecule has 2 unspecified atom stereocenters. The summed E-state index contributed by atoms with van der Waals surface area (Å²) in [5, 5.41) is 6.58. The van der Waals surface area contributed by atoms with E-state index in [0.717, 1.165) is 38.6 Å². The van der Waals surface area contributed by atoms with Gasteiger partial charge in [0.2, 0.25) is 0 Å². The zero-order valence-corrected chi connectivity index (χ0v) is 17.0. The van der Waals surface area contributed by atoms with Gasteiger partial charge in [0.1, 0.15) is 0 Å². The fraction of sp³-hybridized carbons (Fsp3) is 0.650. The Morgan fingerprint density at radius 2 is 2.04 bits per heavy atom. The van der Waals surface area contributed by atoms with Gasteiger partial charge in [-0.1, -0.05) is 36.8 Å². The van der Waals surface area contributed by atoms with Gasteiger partial charge < -0.3 is 10.6 Å². The third-order valence-corrected chi connectivity index (χ3v) is 7.12. The van der Waals surface area contributed by atoms with E-state index in [4.69, 9.17) is 4.99 Å². The molecule has 0 spiro atoms. The number of benzene rings is 1. The van der Waals surface area contributed by atoms with Gasteiger partial charge >= 0.3 is 0 Å². The third-order valence-electron chi connectivity index (χ3n) is 5.36. The van der Waals surface area contributed by atoms with Crippen molar-refractivity contribution in [1.29, 1.82) is 0 Å². The minimum Gasteiger partial charge on any atom is -0.357 e. The van der Waals surface area contributed by atoms with Crippen LogP contribution in [0.3, 0.4) is 0 Å². The Labute approximate surface area is 163 Å². The number of nitrogens with zero attached hydrogens (tertiary/aromatic N) is 2. The van der Waals surface area contributed by atoms with Crippen molar-refractivity contribution < 1.29 is 8.42 Å². The van der Waals surface area contributed by atoms with Crippen LogP contribution in [-0.4, -0.2) is 62.5 Å². The highest BCUT2D eigenvalue weighted by molar-refractivity contribution is 7.91. The quantitative estimate of drug-likeness (QED) is 0.570. The molecule has 2 fully saturated rings. The van der Waals surface area contributed by atoms with E-state index >= 15 is 0 Å². The van der Waals surface area contributed by atoms with Crippen molar-refractivity contribution in [1.82, 2.24) is 15.5 Å². The van der Waals surface area contributed by atoms with Gasteiger partial charge in [-0.15, -0.1) is 0 Å². The topological polar surface area (TPSA) is 73.8 Å². The van der Waals surface area contributed by atoms with Gasteiger partial charge in [0, 0.05) is 25.2 Å². The lowest BCUT2D eigenvalue weighted by Gasteiger charge is -2.35. The number of likely N-dealkylation sites (tertiary alicyclic amines) is 1. The third kappa shape index (κ3) is 6.21. The molecule has 2 aliphatic rings. The molecule has 0 aliphatic carbocycles. The number of piperidine rings is 1. The molecule has 1 aromatic rings. The second kappa shape index (κ2) is 9.55. The smallest absolute Gasteiger partial charge is 0.191 e. The number of sulfone groups is 1. The zero-order valence-electron chi connectivity index (χ0n) is 16.2. The Kier molecular flexibility index (Phi) is 7.13. The van der Waals surface area contributed by atoms with Gasteiger partial charge in [-0.05, 0) is 38.3 Å². The van der Waals surface area contributed by atoms with Gasteiger partial charge in [0.25, 0.3) is 0 Å². The molecule has 2 saturated heterocycles. The fourth-order valence-corrected chi connectivity index (χ4v) is 5.59. The predicted molar refractivity (Wildman–Crippen MR) is 111 cm³/mol. The van der Waals surface area contributed by atoms with E-state index < -0.39 is 9.84 Å². The van der Waals surface area contributed by atoms with Crippen molar-refractivity contribution in [3.8, 4) is 0 Å². The Morgan fingerprint density at radius 1 is 1.22 bits per heavy atom. The number of hydrogen-bond acceptors (Lipinski definition) is 4. The molecule has 7 heteroatoms. The fourth-order valence-electron chi connectivity index (χ4n) is 3.91. The molecule has 2 N–H and O–H groups in total. The van der Waals surface area contributed by atoms with Gasteiger partial charge in [0.05, 0.1) is 18.1 Å². The van der Waals surface area contributed by atoms with E-state index in [1.807, 2.05) is 6.92 Å². The van der Waals surface area contributed by atoms with Gasteiger partial charge in [0.15, 0.2) is 15.8 Å². The van der Waals surface area contributed by atoms with Crippen molar-refractivity contribution in [2.45, 2.75) is 51.2 Å². The van der Waals surface area contributed by atoms with Crippen LogP contribution in [0.25, 0.3) is 0 Å². The number of aliphatic imine (C=N–C) groups is 1. The maximum absolute atomic E-state index is 11.7. The van der Waals surface area contributed by atoms with E-state index in [0.29, 0.717) is 12.5 Å². The van der Waals surface area contributed by atoms with Gasteiger partial charge in [-0.25, -0.2) is 8.42 Å². The molecule has 0 bridgehead atoms. The summed E-state index contributed by atoms with van der Waals surface area (Å²) in [6, 6.07) is 11.0. The van der Waals surface area contributed by atoms with E-state index in [1.54, 1.807) is 0 Å². The van der Waals surface area contributed by atoms with Crippen molar-refractivity contribution in [3.63, 3.8) is 0 Å². The highest BCUT2D eigenvalue weighted by Crippen LogP contribution is 2.20. The number of hydrogen-bond donors (Lipinski definition) is 2. The summed E-state index contributed by atoms with van der Waals surface area (Å²) in [5.41, 5.74) is 1.34. The first kappa shape index (κ1) is 20.1. The molecule has 0 amide bonds. The van der Waals surface area contributed by atoms with Crippen LogP contribution in [0.2, 0.25) is 0 Å². The summed E-state index contributed by atoms with van der Waals surface area (Å²) in [7, 11) is -2.89. The molecule has 6 nitrogen and oxygen atoms in total. The summed E-state index contributed by atoms with van der Waals surface area (Å²) in [6.07, 6.45) is 4.31. The van der Waals surface area contributed by atoms with Crippen LogP contribution in [0, 0.1) is 0 Å². The summed E-state index contributed by atoms with van der Waals surface area (Å²) >= 11 is 0. The average molecular weight is 393 g/mol. The molecular weight excluding hydrogens is 360 g/mol. The van der Waals surface area contributed by atoms with Crippen LogP contribution in [0.15, 0.2) is 35.3 Å². The molecule has 0 saturated carbocycles. The second-order valence-corrected chi connectivity index (χ2v) is 9.80. The van der Waals surface area contributed by atoms with Gasteiger partial charge in [-0.3, -0.25) is 9.89 Å². The molecule has 2 aliphatic heterocycles. The Hall–Kier alpha value is -1.60. The van der Waals surface area contributed by atoms with Crippen LogP contribution < -0.4 is 10.6 Å². The SMILES string of the molecule is CCNC(=NCC1CCCCN1Cc1ccccc1)NC1CCS(=O)(=O)C1. The first-order valence-corrected chi connectivity index (χ1v) is 11.9. The Bertz CT molecular complexity index is 721. The lowest BCUT2D eigenvalue weighted by molar-refractivity contribution is 0.145. The zero-order chi connectivity index (χ0) is 19.1. The van der Waals surface area contributed by atoms with Crippen molar-refractivity contribution in [2.24, 2.45) is 4.99 Å². The van der Waals surface area contributed by atoms with Crippen LogP contribution in [0.5, 0.6) is 0 Å². The minimum absolute atomic E-state index is 0.0282. The highest BCUT2D eigenvalue weighted by Gasteiger charge is 2.28. The van der Waals surface area contributed by atoms with Crippen molar-refractivity contribution >= 4 is 15.8 Å². The largest absolute Gasteiger partial charge is 0.357 e. The molecule has 2 heterocycles. The Morgan fingerprint density at radius 3 is 2.74 bits per heavy atom. The number of rotatable bonds is 6. The molecule has 0 radical (unpaired) electrons. The van der Waals surface area contributed by atoms with Crippen molar-refractivity contribution in [2.75, 3.05) is 31.1 Å². The second-order valence-electron chi connectivity index (χ2n) is 7.57. The van der Waals surface area contributed by atoms with Crippen LogP contribution in [0.1, 0.15) is 38.2 Å². The maximum Gasteiger partial charge on any atom is 0.191 e. The van der Waals surface area contributed by atoms with E-state index in [9.17, 15) is 8.42 Å². The monoisotopic (exact) mass is 392 g/mol. The highest BCUT2D eigenvalue weighted by atomic mass is 32.2. The summed E-state index contributed by atoms with van der Waals surface area (Å²) in [5.74, 6) is 1.23. The molecular formula is C20H32N4O2S. The summed E-state index contributed by atoms with van der Waals surface area (Å²) in [6.45, 7) is 5.61. The van der Waals surface area contributed by atoms with Crippen molar-refractivity contribution in [3.05, 3.63) is 35.9 Å². The van der Waals surface area contributed by atoms with Crippen LogP contribution >= 0.6 is 0 Å². The molecule has 1 aromatic carbocycles. The predicted octanol–water partition coefficient (Wildman–Crippen LogP) is 1.78. The molecule has 3 rings (SSSR count). The first-order valence-electron chi connectivity index (χ1n) is 10.1. The number of nitrogens with one attached hydrogen (secondary N) is 2. The molecule has 0 aromatic heterocycles. The molecule has 2 atom stereocenters. The summed E-state index contributed by atoms with van der Waals surface area (Å²) < 4.78 is 23.4. The minimum atomic E-state index is -2.89. The van der Waals surface area contributed by atoms with E-state index in [-0.39, 0.29) is 17.5 Å². The maximum atomic E-state index is 11.7. The van der Waals surface area contributed by atoms with Gasteiger partial charge in [-0.2, -0.15) is 0 Å². The van der Waals surface area contributed by atoms with Crippen LogP contribution in [-0.2, 0) is 16.4 Å². The number of guanidine groups is 1. The standard InChI is InChI=1S/C20H32N4O2S/c1-2-21-20(23-18-11-13-27(25,26)16-18)22-14-19-10-6-7-12-24(19)15-17-8-4-3-5-9-17/h3-5,8-9,18-19H,2,6-7,10-16H2,1H3,(H2,21,22,23). The average Bonchev–Trinajstić information content (AvgIpc) is 3.00. The Balaban J connectivity index is 1.60. The normalized spacial score (nSPS) is 26.0. The summed E-state index contributed by atoms with van der Waals surface area (Å²) in [4.78, 5) is 7.33. The molecule has 27 heavy (non-hydrogen) atoms. The van der Waals surface area contributed by atoms with Crippen LogP contribution in [0.4, 0.5) is 0 Å². The first-order chi connectivity index (χ1) is 13.1.